The molecule has 1 unspecified atom stereocenters. The molecule has 0 saturated carbocycles. The Labute approximate surface area is 139 Å². The van der Waals surface area contributed by atoms with Crippen LogP contribution in [0.4, 0.5) is 0 Å². The molecule has 2 heteroatoms. The summed E-state index contributed by atoms with van der Waals surface area (Å²) in [6, 6.07) is 6.99. The minimum atomic E-state index is 0.627. The zero-order valence-electron chi connectivity index (χ0n) is 14.3. The molecule has 1 aromatic carbocycles. The lowest BCUT2D eigenvalue weighted by atomic mass is 10.0. The summed E-state index contributed by atoms with van der Waals surface area (Å²) in [5.74, 6) is 0.627. The average molecular weight is 306 g/mol. The molecule has 1 aliphatic carbocycles. The third-order valence-electron chi connectivity index (χ3n) is 5.31. The number of aromatic nitrogens is 1. The summed E-state index contributed by atoms with van der Waals surface area (Å²) in [5, 5.41) is 1.48. The standard InChI is InChI=1S/C21H26N2/c1-16-10-11-21-18(13-16)19-15-22(2)12-6-9-20(19)23(21)14-17-7-4-3-5-8-17/h3-5,7,10-11,13,17H,6,8-9,12,14-15H2,1-2H3. The molecule has 0 spiro atoms. The van der Waals surface area contributed by atoms with Crippen molar-refractivity contribution in [3.8, 4) is 0 Å². The van der Waals surface area contributed by atoms with Gasteiger partial charge in [-0.2, -0.15) is 0 Å². The Kier molecular flexibility index (Phi) is 3.86. The van der Waals surface area contributed by atoms with Crippen LogP contribution in [0.15, 0.2) is 42.5 Å². The number of benzene rings is 1. The fourth-order valence-electron chi connectivity index (χ4n) is 4.13. The van der Waals surface area contributed by atoms with Crippen molar-refractivity contribution in [2.75, 3.05) is 13.6 Å². The van der Waals surface area contributed by atoms with E-state index >= 15 is 0 Å². The molecule has 0 N–H and O–H groups in total. The Bertz CT molecular complexity index is 779. The quantitative estimate of drug-likeness (QED) is 0.795. The molecule has 2 aromatic rings. The van der Waals surface area contributed by atoms with E-state index in [-0.39, 0.29) is 0 Å². The normalized spacial score (nSPS) is 21.6. The van der Waals surface area contributed by atoms with Gasteiger partial charge < -0.3 is 9.47 Å². The molecular weight excluding hydrogens is 280 g/mol. The van der Waals surface area contributed by atoms with E-state index in [1.807, 2.05) is 0 Å². The SMILES string of the molecule is Cc1ccc2c(c1)c1c(n2CC2C=CC=CC2)CCCN(C)C1. The van der Waals surface area contributed by atoms with Crippen LogP contribution in [0.5, 0.6) is 0 Å². The molecular formula is C21H26N2. The maximum absolute atomic E-state index is 2.62. The smallest absolute Gasteiger partial charge is 0.0486 e. The zero-order valence-corrected chi connectivity index (χ0v) is 14.3. The monoisotopic (exact) mass is 306 g/mol. The van der Waals surface area contributed by atoms with Gasteiger partial charge in [-0.3, -0.25) is 0 Å². The molecule has 120 valence electrons. The second-order valence-electron chi connectivity index (χ2n) is 7.21. The molecule has 1 aromatic heterocycles. The van der Waals surface area contributed by atoms with Gasteiger partial charge in [-0.25, -0.2) is 0 Å². The summed E-state index contributed by atoms with van der Waals surface area (Å²) in [6.45, 7) is 5.61. The Morgan fingerprint density at radius 1 is 1.22 bits per heavy atom. The summed E-state index contributed by atoms with van der Waals surface area (Å²) in [4.78, 5) is 2.47. The van der Waals surface area contributed by atoms with E-state index in [2.05, 4.69) is 65.9 Å². The first-order valence-electron chi connectivity index (χ1n) is 8.85. The first kappa shape index (κ1) is 14.8. The maximum Gasteiger partial charge on any atom is 0.0486 e. The van der Waals surface area contributed by atoms with Gasteiger partial charge in [-0.1, -0.05) is 35.9 Å². The van der Waals surface area contributed by atoms with Crippen molar-refractivity contribution < 1.29 is 0 Å². The van der Waals surface area contributed by atoms with Crippen molar-refractivity contribution in [2.24, 2.45) is 5.92 Å². The highest BCUT2D eigenvalue weighted by Gasteiger charge is 2.22. The fraction of sp³-hybridized carbons (Fsp3) is 0.429. The number of aryl methyl sites for hydroxylation is 1. The third-order valence-corrected chi connectivity index (χ3v) is 5.31. The Hall–Kier alpha value is -1.80. The van der Waals surface area contributed by atoms with Gasteiger partial charge in [-0.15, -0.1) is 0 Å². The fourth-order valence-corrected chi connectivity index (χ4v) is 4.13. The van der Waals surface area contributed by atoms with Crippen molar-refractivity contribution in [1.29, 1.82) is 0 Å². The number of fused-ring (bicyclic) bond motifs is 3. The second kappa shape index (κ2) is 6.01. The molecule has 23 heavy (non-hydrogen) atoms. The molecule has 0 bridgehead atoms. The van der Waals surface area contributed by atoms with E-state index in [9.17, 15) is 0 Å². The summed E-state index contributed by atoms with van der Waals surface area (Å²) >= 11 is 0. The highest BCUT2D eigenvalue weighted by atomic mass is 15.1. The molecule has 0 amide bonds. The predicted octanol–water partition coefficient (Wildman–Crippen LogP) is 4.46. The third kappa shape index (κ3) is 2.76. The van der Waals surface area contributed by atoms with Gasteiger partial charge in [-0.05, 0) is 63.4 Å². The highest BCUT2D eigenvalue weighted by molar-refractivity contribution is 5.86. The number of hydrogen-bond acceptors (Lipinski definition) is 1. The molecule has 2 aliphatic rings. The Morgan fingerprint density at radius 3 is 2.96 bits per heavy atom. The van der Waals surface area contributed by atoms with Gasteiger partial charge in [0.2, 0.25) is 0 Å². The molecule has 1 atom stereocenters. The molecule has 0 fully saturated rings. The number of nitrogens with zero attached hydrogens (tertiary/aromatic N) is 2. The first-order valence-corrected chi connectivity index (χ1v) is 8.85. The van der Waals surface area contributed by atoms with E-state index in [0.29, 0.717) is 5.92 Å². The van der Waals surface area contributed by atoms with Gasteiger partial charge in [0.05, 0.1) is 0 Å². The lowest BCUT2D eigenvalue weighted by Gasteiger charge is -2.18. The Morgan fingerprint density at radius 2 is 2.13 bits per heavy atom. The Balaban J connectivity index is 1.83. The van der Waals surface area contributed by atoms with E-state index < -0.39 is 0 Å². The minimum Gasteiger partial charge on any atom is -0.344 e. The van der Waals surface area contributed by atoms with Crippen LogP contribution in [-0.4, -0.2) is 23.1 Å². The molecule has 2 nitrogen and oxygen atoms in total. The average Bonchev–Trinajstić information content (AvgIpc) is 2.70. The van der Waals surface area contributed by atoms with Crippen LogP contribution in [0, 0.1) is 12.8 Å². The summed E-state index contributed by atoms with van der Waals surface area (Å²) in [7, 11) is 2.25. The lowest BCUT2D eigenvalue weighted by molar-refractivity contribution is 0.333. The molecule has 0 radical (unpaired) electrons. The number of hydrogen-bond donors (Lipinski definition) is 0. The van der Waals surface area contributed by atoms with E-state index in [1.165, 1.54) is 35.9 Å². The van der Waals surface area contributed by atoms with Crippen molar-refractivity contribution >= 4 is 10.9 Å². The van der Waals surface area contributed by atoms with Crippen molar-refractivity contribution in [3.63, 3.8) is 0 Å². The van der Waals surface area contributed by atoms with Crippen LogP contribution in [-0.2, 0) is 19.5 Å². The maximum atomic E-state index is 2.62. The van der Waals surface area contributed by atoms with Gasteiger partial charge in [0, 0.05) is 29.7 Å². The van der Waals surface area contributed by atoms with Gasteiger partial charge in [0.15, 0.2) is 0 Å². The summed E-state index contributed by atoms with van der Waals surface area (Å²) in [6.07, 6.45) is 12.7. The van der Waals surface area contributed by atoms with Gasteiger partial charge >= 0.3 is 0 Å². The number of rotatable bonds is 2. The summed E-state index contributed by atoms with van der Waals surface area (Å²) < 4.78 is 2.62. The van der Waals surface area contributed by atoms with Crippen molar-refractivity contribution in [1.82, 2.24) is 9.47 Å². The summed E-state index contributed by atoms with van der Waals surface area (Å²) in [5.41, 5.74) is 5.95. The second-order valence-corrected chi connectivity index (χ2v) is 7.21. The molecule has 4 rings (SSSR count). The van der Waals surface area contributed by atoms with E-state index in [1.54, 1.807) is 11.3 Å². The van der Waals surface area contributed by atoms with E-state index in [4.69, 9.17) is 0 Å². The minimum absolute atomic E-state index is 0.627. The number of allylic oxidation sites excluding steroid dienone is 4. The largest absolute Gasteiger partial charge is 0.344 e. The highest BCUT2D eigenvalue weighted by Crippen LogP contribution is 2.32. The van der Waals surface area contributed by atoms with Crippen LogP contribution in [0.25, 0.3) is 10.9 Å². The lowest BCUT2D eigenvalue weighted by Crippen LogP contribution is -2.17. The van der Waals surface area contributed by atoms with Gasteiger partial charge in [0.25, 0.3) is 0 Å². The molecule has 0 saturated heterocycles. The molecule has 1 aliphatic heterocycles. The van der Waals surface area contributed by atoms with Gasteiger partial charge in [0.1, 0.15) is 0 Å². The first-order chi connectivity index (χ1) is 11.2. The van der Waals surface area contributed by atoms with E-state index in [0.717, 1.165) is 19.5 Å². The van der Waals surface area contributed by atoms with Crippen molar-refractivity contribution in [3.05, 3.63) is 59.3 Å². The van der Waals surface area contributed by atoms with Crippen LogP contribution in [0.2, 0.25) is 0 Å². The van der Waals surface area contributed by atoms with Crippen LogP contribution < -0.4 is 0 Å². The van der Waals surface area contributed by atoms with Crippen molar-refractivity contribution in [2.45, 2.75) is 39.3 Å². The van der Waals surface area contributed by atoms with Crippen LogP contribution in [0.3, 0.4) is 0 Å². The predicted molar refractivity (Wildman–Crippen MR) is 97.7 cm³/mol. The van der Waals surface area contributed by atoms with Crippen LogP contribution in [0.1, 0.15) is 29.7 Å². The topological polar surface area (TPSA) is 8.17 Å². The molecule has 2 heterocycles. The van der Waals surface area contributed by atoms with Crippen LogP contribution >= 0.6 is 0 Å². The zero-order chi connectivity index (χ0) is 15.8.